The van der Waals surface area contributed by atoms with Crippen LogP contribution in [0.25, 0.3) is 89.2 Å². The second kappa shape index (κ2) is 15.4. The summed E-state index contributed by atoms with van der Waals surface area (Å²) in [5.74, 6) is 0.0653. The van der Waals surface area contributed by atoms with E-state index in [1.54, 1.807) is 60.7 Å². The van der Waals surface area contributed by atoms with Gasteiger partial charge in [0.25, 0.3) is 0 Å². The van der Waals surface area contributed by atoms with Crippen molar-refractivity contribution < 1.29 is 52.7 Å². The molecule has 0 aliphatic rings. The molecule has 10 rings (SSSR count). The number of aromatic nitrogens is 5. The summed E-state index contributed by atoms with van der Waals surface area (Å²) in [5, 5.41) is 9.95. The first-order valence-corrected chi connectivity index (χ1v) is 20.1. The summed E-state index contributed by atoms with van der Waals surface area (Å²) >= 11 is 0. The first-order valence-electron chi connectivity index (χ1n) is 20.1. The monoisotopic (exact) mass is 936 g/mol. The van der Waals surface area contributed by atoms with Crippen molar-refractivity contribution in [3.05, 3.63) is 173 Å². The van der Waals surface area contributed by atoms with E-state index in [9.17, 15) is 57.9 Å². The van der Waals surface area contributed by atoms with Crippen molar-refractivity contribution in [2.75, 3.05) is 0 Å². The Morgan fingerprint density at radius 2 is 0.691 bits per heavy atom. The molecule has 6 nitrogen and oxygen atoms in total. The third-order valence-electron chi connectivity index (χ3n) is 11.5. The minimum Gasteiger partial charge on any atom is -0.308 e. The fraction of sp³-hybridized carbons (Fsp3) is 0.0800. The van der Waals surface area contributed by atoms with Crippen LogP contribution in [-0.4, -0.2) is 24.1 Å². The number of hydrogen-bond donors (Lipinski definition) is 0. The summed E-state index contributed by atoms with van der Waals surface area (Å²) in [5.41, 5.74) is -4.31. The lowest BCUT2D eigenvalue weighted by Crippen LogP contribution is -2.08. The van der Waals surface area contributed by atoms with Gasteiger partial charge < -0.3 is 9.13 Å². The molecule has 0 fully saturated rings. The zero-order chi connectivity index (χ0) is 48.1. The Labute approximate surface area is 374 Å². The highest BCUT2D eigenvalue weighted by Crippen LogP contribution is 2.45. The summed E-state index contributed by atoms with van der Waals surface area (Å²) < 4.78 is 173. The molecule has 0 aliphatic heterocycles. The molecule has 0 bridgehead atoms. The van der Waals surface area contributed by atoms with Crippen molar-refractivity contribution in [3.8, 4) is 51.6 Å². The van der Waals surface area contributed by atoms with Gasteiger partial charge in [0.15, 0.2) is 17.5 Å². The topological polar surface area (TPSA) is 72.3 Å². The molecule has 18 heteroatoms. The van der Waals surface area contributed by atoms with Gasteiger partial charge in [-0.2, -0.15) is 57.9 Å². The molecule has 338 valence electrons. The molecule has 0 unspecified atom stereocenters. The molecule has 0 amide bonds. The van der Waals surface area contributed by atoms with E-state index in [4.69, 9.17) is 15.0 Å². The Hall–Kier alpha value is -8.20. The van der Waals surface area contributed by atoms with Crippen molar-refractivity contribution in [1.82, 2.24) is 24.1 Å². The molecule has 0 radical (unpaired) electrons. The Bertz CT molecular complexity index is 3490. The van der Waals surface area contributed by atoms with Crippen LogP contribution in [0.15, 0.2) is 146 Å². The average molecular weight is 937 g/mol. The van der Waals surface area contributed by atoms with Crippen molar-refractivity contribution in [1.29, 1.82) is 5.26 Å². The minimum atomic E-state index is -4.92. The maximum Gasteiger partial charge on any atom is 0.416 e. The van der Waals surface area contributed by atoms with Gasteiger partial charge in [0.05, 0.1) is 61.3 Å². The van der Waals surface area contributed by atoms with E-state index in [0.29, 0.717) is 35.4 Å². The summed E-state index contributed by atoms with van der Waals surface area (Å²) in [6.07, 6.45) is -19.7. The van der Waals surface area contributed by atoms with E-state index in [-0.39, 0.29) is 83.6 Å². The highest BCUT2D eigenvalue weighted by Gasteiger charge is 2.36. The quantitative estimate of drug-likeness (QED) is 0.161. The van der Waals surface area contributed by atoms with Gasteiger partial charge in [-0.1, -0.05) is 60.7 Å². The van der Waals surface area contributed by atoms with E-state index in [1.807, 2.05) is 6.07 Å². The van der Waals surface area contributed by atoms with E-state index in [0.717, 1.165) is 48.5 Å². The van der Waals surface area contributed by atoms with Crippen LogP contribution < -0.4 is 0 Å². The van der Waals surface area contributed by atoms with E-state index in [2.05, 4.69) is 0 Å². The number of alkyl halides is 12. The zero-order valence-electron chi connectivity index (χ0n) is 34.1. The summed E-state index contributed by atoms with van der Waals surface area (Å²) in [6, 6.07) is 31.8. The molecular formula is C50H24F12N6. The number of hydrogen-bond acceptors (Lipinski definition) is 4. The molecule has 0 spiro atoms. The van der Waals surface area contributed by atoms with E-state index in [1.165, 1.54) is 21.3 Å². The smallest absolute Gasteiger partial charge is 0.308 e. The number of rotatable bonds is 5. The Morgan fingerprint density at radius 1 is 0.368 bits per heavy atom. The third-order valence-corrected chi connectivity index (χ3v) is 11.5. The number of nitrogens with zero attached hydrogens (tertiary/aromatic N) is 6. The molecule has 0 N–H and O–H groups in total. The lowest BCUT2D eigenvalue weighted by atomic mass is 10.0. The SMILES string of the molecule is N#Cc1cc(-n2c3ccc(C(F)(F)F)cc3c3cc(C(F)(F)F)ccc32)c(-c2nc(-c3ccccc3)nc(-c3ccccc3)n2)cc1-n1c2ccc(C(F)(F)F)cc2c2cc(C(F)(F)F)ccc21. The Morgan fingerprint density at radius 3 is 1.01 bits per heavy atom. The molecule has 0 aliphatic carbocycles. The Balaban J connectivity index is 1.37. The summed E-state index contributed by atoms with van der Waals surface area (Å²) in [4.78, 5) is 14.4. The largest absolute Gasteiger partial charge is 0.416 e. The predicted octanol–water partition coefficient (Wildman–Crippen LogP) is 15.0. The lowest BCUT2D eigenvalue weighted by Gasteiger charge is -2.19. The van der Waals surface area contributed by atoms with Crippen LogP contribution in [0.2, 0.25) is 0 Å². The number of fused-ring (bicyclic) bond motifs is 6. The van der Waals surface area contributed by atoms with Crippen molar-refractivity contribution in [2.45, 2.75) is 24.7 Å². The predicted molar refractivity (Wildman–Crippen MR) is 230 cm³/mol. The maximum absolute atomic E-state index is 14.3. The second-order valence-corrected chi connectivity index (χ2v) is 15.6. The summed E-state index contributed by atoms with van der Waals surface area (Å²) in [7, 11) is 0. The van der Waals surface area contributed by atoms with Gasteiger partial charge in [0, 0.05) is 38.2 Å². The van der Waals surface area contributed by atoms with Gasteiger partial charge in [-0.3, -0.25) is 0 Å². The minimum absolute atomic E-state index is 0.0248. The standard InChI is InChI=1S/C50H24F12N6/c51-47(52,53)29-11-15-38-33(20-29)34-21-30(48(54,55)56)12-16-39(34)67(38)42-24-37(46-65-44(26-7-3-1-4-8-26)64-45(66-46)27-9-5-2-6-10-27)43(19-28(42)25-63)68-40-17-13-31(49(57,58)59)22-35(40)36-23-32(50(60,61)62)14-18-41(36)68/h1-24H. The highest BCUT2D eigenvalue weighted by molar-refractivity contribution is 6.12. The van der Waals surface area contributed by atoms with Crippen LogP contribution in [0.4, 0.5) is 52.7 Å². The van der Waals surface area contributed by atoms with Gasteiger partial charge in [-0.25, -0.2) is 15.0 Å². The maximum atomic E-state index is 14.3. The normalized spacial score (nSPS) is 12.7. The Kier molecular flexibility index (Phi) is 9.92. The van der Waals surface area contributed by atoms with Crippen LogP contribution in [0.1, 0.15) is 27.8 Å². The molecule has 0 saturated heterocycles. The lowest BCUT2D eigenvalue weighted by molar-refractivity contribution is -0.138. The molecule has 0 saturated carbocycles. The van der Waals surface area contributed by atoms with Crippen LogP contribution in [0.3, 0.4) is 0 Å². The summed E-state index contributed by atoms with van der Waals surface area (Å²) in [6.45, 7) is 0. The van der Waals surface area contributed by atoms with E-state index < -0.39 is 47.0 Å². The molecule has 10 aromatic rings. The third kappa shape index (κ3) is 7.49. The molecule has 3 aromatic heterocycles. The van der Waals surface area contributed by atoms with Crippen molar-refractivity contribution in [3.63, 3.8) is 0 Å². The van der Waals surface area contributed by atoms with Gasteiger partial charge in [0.2, 0.25) is 0 Å². The second-order valence-electron chi connectivity index (χ2n) is 15.6. The molecule has 0 atom stereocenters. The van der Waals surface area contributed by atoms with Gasteiger partial charge in [-0.15, -0.1) is 0 Å². The molecule has 7 aromatic carbocycles. The van der Waals surface area contributed by atoms with Crippen LogP contribution in [0.5, 0.6) is 0 Å². The van der Waals surface area contributed by atoms with Gasteiger partial charge in [-0.05, 0) is 84.9 Å². The van der Waals surface area contributed by atoms with Crippen LogP contribution in [0, 0.1) is 11.3 Å². The van der Waals surface area contributed by atoms with Crippen LogP contribution >= 0.6 is 0 Å². The highest BCUT2D eigenvalue weighted by atomic mass is 19.4. The average Bonchev–Trinajstić information content (AvgIpc) is 3.81. The first-order chi connectivity index (χ1) is 32.2. The molecule has 3 heterocycles. The zero-order valence-corrected chi connectivity index (χ0v) is 34.1. The van der Waals surface area contributed by atoms with Gasteiger partial charge >= 0.3 is 24.7 Å². The molecule has 68 heavy (non-hydrogen) atoms. The first kappa shape index (κ1) is 43.7. The fourth-order valence-electron chi connectivity index (χ4n) is 8.42. The number of nitriles is 1. The number of halogens is 12. The molecular weight excluding hydrogens is 913 g/mol. The van der Waals surface area contributed by atoms with Crippen molar-refractivity contribution >= 4 is 43.6 Å². The van der Waals surface area contributed by atoms with Crippen LogP contribution in [-0.2, 0) is 24.7 Å². The number of benzene rings is 7. The van der Waals surface area contributed by atoms with E-state index >= 15 is 0 Å². The fourth-order valence-corrected chi connectivity index (χ4v) is 8.42. The van der Waals surface area contributed by atoms with Crippen molar-refractivity contribution in [2.24, 2.45) is 0 Å². The van der Waals surface area contributed by atoms with Gasteiger partial charge in [0.1, 0.15) is 6.07 Å².